The van der Waals surface area contributed by atoms with Crippen molar-refractivity contribution in [3.63, 3.8) is 0 Å². The average molecular weight is 191 g/mol. The summed E-state index contributed by atoms with van der Waals surface area (Å²) in [6.45, 7) is 3.94. The molecule has 4 heteroatoms. The predicted molar refractivity (Wildman–Crippen MR) is 57.0 cm³/mol. The largest absolute Gasteiger partial charge is 0.368 e. The van der Waals surface area contributed by atoms with E-state index >= 15 is 0 Å². The summed E-state index contributed by atoms with van der Waals surface area (Å²) in [4.78, 5) is 10.1. The predicted octanol–water partition coefficient (Wildman–Crippen LogP) is 2.41. The Bertz CT molecular complexity index is 330. The number of nitrogens with zero attached hydrogens (tertiary/aromatic N) is 1. The molecule has 2 N–H and O–H groups in total. The lowest BCUT2D eigenvalue weighted by atomic mass is 10.2. The third-order valence-corrected chi connectivity index (χ3v) is 1.69. The van der Waals surface area contributed by atoms with Gasteiger partial charge in [-0.1, -0.05) is 0 Å². The van der Waals surface area contributed by atoms with Crippen molar-refractivity contribution < 1.29 is 0 Å². The topological polar surface area (TPSA) is 65.3 Å². The number of amidine groups is 1. The zero-order valence-electron chi connectivity index (χ0n) is 8.24. The number of nitrogens with one attached hydrogen (secondary N) is 2. The summed E-state index contributed by atoms with van der Waals surface area (Å²) in [7, 11) is 0. The van der Waals surface area contributed by atoms with Gasteiger partial charge in [-0.25, -0.2) is 0 Å². The fraction of sp³-hybridized carbons (Fsp3) is 0.300. The maximum Gasteiger partial charge on any atom is 0.125 e. The van der Waals surface area contributed by atoms with Crippen molar-refractivity contribution in [2.75, 3.05) is 0 Å². The van der Waals surface area contributed by atoms with Crippen molar-refractivity contribution in [3.05, 3.63) is 34.7 Å². The molecule has 0 unspecified atom stereocenters. The molecule has 0 aliphatic heterocycles. The maximum absolute atomic E-state index is 10.1. The normalized spacial score (nSPS) is 9.93. The van der Waals surface area contributed by atoms with Crippen molar-refractivity contribution in [2.24, 2.45) is 5.18 Å². The van der Waals surface area contributed by atoms with Crippen LogP contribution < -0.4 is 5.32 Å². The summed E-state index contributed by atoms with van der Waals surface area (Å²) in [5, 5.41) is 13.4. The third-order valence-electron chi connectivity index (χ3n) is 1.69. The van der Waals surface area contributed by atoms with Gasteiger partial charge in [0, 0.05) is 11.6 Å². The Morgan fingerprint density at radius 1 is 1.36 bits per heavy atom. The first-order valence-electron chi connectivity index (χ1n) is 4.42. The molecular weight excluding hydrogens is 178 g/mol. The molecule has 1 aromatic carbocycles. The van der Waals surface area contributed by atoms with Gasteiger partial charge in [-0.2, -0.15) is 0 Å². The molecule has 1 rings (SSSR count). The molecular formula is C10H13N3O. The van der Waals surface area contributed by atoms with E-state index in [4.69, 9.17) is 5.41 Å². The number of hydrogen-bond donors (Lipinski definition) is 2. The van der Waals surface area contributed by atoms with Gasteiger partial charge < -0.3 is 5.32 Å². The molecule has 0 radical (unpaired) electrons. The first kappa shape index (κ1) is 10.4. The second-order valence-corrected chi connectivity index (χ2v) is 3.31. The van der Waals surface area contributed by atoms with E-state index in [1.165, 1.54) is 0 Å². The molecule has 14 heavy (non-hydrogen) atoms. The van der Waals surface area contributed by atoms with Gasteiger partial charge >= 0.3 is 0 Å². The highest BCUT2D eigenvalue weighted by Crippen LogP contribution is 2.12. The Balaban J connectivity index is 2.76. The van der Waals surface area contributed by atoms with Crippen molar-refractivity contribution in [3.8, 4) is 0 Å². The molecule has 0 spiro atoms. The molecule has 0 saturated carbocycles. The maximum atomic E-state index is 10.1. The first-order chi connectivity index (χ1) is 6.63. The molecule has 0 atom stereocenters. The SMILES string of the molecule is CC(C)NC(=N)c1ccc(N=O)cc1. The molecule has 0 saturated heterocycles. The Kier molecular flexibility index (Phi) is 3.34. The van der Waals surface area contributed by atoms with Crippen LogP contribution in [0, 0.1) is 10.3 Å². The summed E-state index contributed by atoms with van der Waals surface area (Å²) in [6.07, 6.45) is 0. The minimum Gasteiger partial charge on any atom is -0.368 e. The van der Waals surface area contributed by atoms with E-state index in [1.807, 2.05) is 13.8 Å². The summed E-state index contributed by atoms with van der Waals surface area (Å²) in [6, 6.07) is 6.83. The smallest absolute Gasteiger partial charge is 0.125 e. The lowest BCUT2D eigenvalue weighted by Gasteiger charge is -2.10. The summed E-state index contributed by atoms with van der Waals surface area (Å²) >= 11 is 0. The Morgan fingerprint density at radius 2 is 1.93 bits per heavy atom. The minimum absolute atomic E-state index is 0.228. The van der Waals surface area contributed by atoms with Crippen LogP contribution in [-0.4, -0.2) is 11.9 Å². The molecule has 0 fully saturated rings. The van der Waals surface area contributed by atoms with Crippen molar-refractivity contribution >= 4 is 11.5 Å². The zero-order valence-corrected chi connectivity index (χ0v) is 8.24. The van der Waals surface area contributed by atoms with Gasteiger partial charge in [0.25, 0.3) is 0 Å². The van der Waals surface area contributed by atoms with Crippen molar-refractivity contribution in [1.29, 1.82) is 5.41 Å². The van der Waals surface area contributed by atoms with E-state index < -0.39 is 0 Å². The van der Waals surface area contributed by atoms with Crippen molar-refractivity contribution in [2.45, 2.75) is 19.9 Å². The fourth-order valence-corrected chi connectivity index (χ4v) is 1.06. The summed E-state index contributed by atoms with van der Waals surface area (Å²) in [5.74, 6) is 0.359. The second-order valence-electron chi connectivity index (χ2n) is 3.31. The van der Waals surface area contributed by atoms with Crippen LogP contribution in [0.1, 0.15) is 19.4 Å². The third kappa shape index (κ3) is 2.65. The number of benzene rings is 1. The highest BCUT2D eigenvalue weighted by molar-refractivity contribution is 5.96. The molecule has 74 valence electrons. The first-order valence-corrected chi connectivity index (χ1v) is 4.42. The Labute approximate surface area is 82.8 Å². The van der Waals surface area contributed by atoms with E-state index in [-0.39, 0.29) is 6.04 Å². The Morgan fingerprint density at radius 3 is 2.36 bits per heavy atom. The summed E-state index contributed by atoms with van der Waals surface area (Å²) in [5.41, 5.74) is 1.14. The van der Waals surface area contributed by atoms with Crippen molar-refractivity contribution in [1.82, 2.24) is 5.32 Å². The number of rotatable bonds is 3. The quantitative estimate of drug-likeness (QED) is 0.437. The number of hydrogen-bond acceptors (Lipinski definition) is 3. The molecule has 0 amide bonds. The molecule has 1 aromatic rings. The molecule has 0 bridgehead atoms. The Hall–Kier alpha value is -1.71. The molecule has 0 heterocycles. The van der Waals surface area contributed by atoms with E-state index in [0.29, 0.717) is 11.5 Å². The van der Waals surface area contributed by atoms with Gasteiger partial charge in [0.15, 0.2) is 0 Å². The van der Waals surface area contributed by atoms with Crippen LogP contribution in [0.3, 0.4) is 0 Å². The van der Waals surface area contributed by atoms with E-state index in [2.05, 4.69) is 10.5 Å². The number of nitroso groups, excluding NO2 is 1. The van der Waals surface area contributed by atoms with E-state index in [1.54, 1.807) is 24.3 Å². The van der Waals surface area contributed by atoms with Crippen LogP contribution in [0.4, 0.5) is 5.69 Å². The van der Waals surface area contributed by atoms with Crippen LogP contribution in [0.2, 0.25) is 0 Å². The minimum atomic E-state index is 0.228. The average Bonchev–Trinajstić information content (AvgIpc) is 2.17. The monoisotopic (exact) mass is 191 g/mol. The van der Waals surface area contributed by atoms with Crippen LogP contribution in [0.5, 0.6) is 0 Å². The van der Waals surface area contributed by atoms with Gasteiger partial charge in [0.05, 0.1) is 0 Å². The van der Waals surface area contributed by atoms with Gasteiger partial charge in [-0.15, -0.1) is 4.91 Å². The lowest BCUT2D eigenvalue weighted by Crippen LogP contribution is -2.29. The van der Waals surface area contributed by atoms with Crippen LogP contribution >= 0.6 is 0 Å². The lowest BCUT2D eigenvalue weighted by molar-refractivity contribution is 0.731. The highest BCUT2D eigenvalue weighted by Gasteiger charge is 2.02. The highest BCUT2D eigenvalue weighted by atomic mass is 16.3. The van der Waals surface area contributed by atoms with Crippen LogP contribution in [-0.2, 0) is 0 Å². The second kappa shape index (κ2) is 4.50. The summed E-state index contributed by atoms with van der Waals surface area (Å²) < 4.78 is 0. The molecule has 0 aliphatic rings. The van der Waals surface area contributed by atoms with E-state index in [0.717, 1.165) is 5.56 Å². The standard InChI is InChI=1S/C10H13N3O/c1-7(2)12-10(11)8-3-5-9(13-14)6-4-8/h3-7H,1-2H3,(H2,11,12). The van der Waals surface area contributed by atoms with E-state index in [9.17, 15) is 4.91 Å². The van der Waals surface area contributed by atoms with Gasteiger partial charge in [0.2, 0.25) is 0 Å². The fourth-order valence-electron chi connectivity index (χ4n) is 1.06. The molecule has 0 aliphatic carbocycles. The van der Waals surface area contributed by atoms with Gasteiger partial charge in [-0.05, 0) is 43.3 Å². The molecule has 0 aromatic heterocycles. The van der Waals surface area contributed by atoms with Gasteiger partial charge in [0.1, 0.15) is 11.5 Å². The zero-order chi connectivity index (χ0) is 10.6. The van der Waals surface area contributed by atoms with Crippen LogP contribution in [0.15, 0.2) is 29.4 Å². The molecule has 4 nitrogen and oxygen atoms in total. The van der Waals surface area contributed by atoms with Gasteiger partial charge in [-0.3, -0.25) is 5.41 Å². The van der Waals surface area contributed by atoms with Crippen LogP contribution in [0.25, 0.3) is 0 Å².